The number of ether oxygens (including phenoxy) is 1. The Balaban J connectivity index is 0.000000296. The number of amides is 1. The van der Waals surface area contributed by atoms with E-state index in [9.17, 15) is 14.7 Å². The number of aryl methyl sites for hydroxylation is 1. The van der Waals surface area contributed by atoms with Gasteiger partial charge < -0.3 is 15.6 Å². The number of carbonyl (C=O) groups is 2. The summed E-state index contributed by atoms with van der Waals surface area (Å²) in [6.45, 7) is 5.28. The van der Waals surface area contributed by atoms with Crippen LogP contribution < -0.4 is 10.5 Å². The van der Waals surface area contributed by atoms with Gasteiger partial charge in [0.25, 0.3) is 0 Å². The van der Waals surface area contributed by atoms with Crippen molar-refractivity contribution < 1.29 is 23.8 Å². The van der Waals surface area contributed by atoms with E-state index < -0.39 is 5.97 Å². The van der Waals surface area contributed by atoms with Gasteiger partial charge in [-0.25, -0.2) is 4.39 Å². The topological polar surface area (TPSA) is 111 Å². The van der Waals surface area contributed by atoms with Crippen LogP contribution in [0.4, 0.5) is 4.39 Å². The molecule has 6 rings (SSSR count). The molecule has 3 fully saturated rings. The molecule has 0 bridgehead atoms. The highest BCUT2D eigenvalue weighted by molar-refractivity contribution is 5.82. The molecule has 236 valence electrons. The maximum Gasteiger partial charge on any atom is 0.307 e. The van der Waals surface area contributed by atoms with Crippen LogP contribution in [0.15, 0.2) is 42.6 Å². The number of carboxylic acids is 1. The van der Waals surface area contributed by atoms with E-state index in [1.807, 2.05) is 36.2 Å². The summed E-state index contributed by atoms with van der Waals surface area (Å²) in [5.74, 6) is -0.283. The van der Waals surface area contributed by atoms with Gasteiger partial charge in [0.15, 0.2) is 0 Å². The number of carboxylic acid groups (broad SMARTS) is 1. The van der Waals surface area contributed by atoms with Gasteiger partial charge in [-0.3, -0.25) is 19.2 Å². The number of hydrogen-bond donors (Lipinski definition) is 2. The molecule has 0 radical (unpaired) electrons. The van der Waals surface area contributed by atoms with E-state index in [-0.39, 0.29) is 41.6 Å². The third kappa shape index (κ3) is 7.15. The second-order valence-corrected chi connectivity index (χ2v) is 13.5. The van der Waals surface area contributed by atoms with E-state index in [0.717, 1.165) is 85.9 Å². The molecule has 1 unspecified atom stereocenters. The van der Waals surface area contributed by atoms with Gasteiger partial charge in [-0.15, -0.1) is 0 Å². The Morgan fingerprint density at radius 1 is 1.07 bits per heavy atom. The Morgan fingerprint density at radius 3 is 2.36 bits per heavy atom. The minimum absolute atomic E-state index is 0.0509. The average molecular weight is 605 g/mol. The fraction of sp³-hybridized carbons (Fsp3) is 0.514. The van der Waals surface area contributed by atoms with Gasteiger partial charge in [-0.1, -0.05) is 32.4 Å². The zero-order chi connectivity index (χ0) is 31.6. The van der Waals surface area contributed by atoms with Crippen LogP contribution >= 0.6 is 0 Å². The molecule has 3 aromatic rings. The van der Waals surface area contributed by atoms with Crippen molar-refractivity contribution >= 4 is 11.9 Å². The lowest BCUT2D eigenvalue weighted by Gasteiger charge is -2.29. The Morgan fingerprint density at radius 2 is 1.80 bits per heavy atom. The van der Waals surface area contributed by atoms with E-state index in [1.54, 1.807) is 30.1 Å². The Kier molecular flexibility index (Phi) is 9.44. The molecule has 2 saturated carbocycles. The molecular weight excluding hydrogens is 559 g/mol. The lowest BCUT2D eigenvalue weighted by Crippen LogP contribution is -2.37. The fourth-order valence-electron chi connectivity index (χ4n) is 6.98. The maximum atomic E-state index is 15.1. The SMILES string of the molecule is CN1CC(C)(C)CC1C(N)=O.Cn1cc(CC(=O)O)c(-c2ccc(OC3CCCC3)c(-c3cccc(F)c3C3CCC3)c2)n1. The molecule has 0 spiro atoms. The number of aromatic nitrogens is 2. The summed E-state index contributed by atoms with van der Waals surface area (Å²) in [4.78, 5) is 24.3. The van der Waals surface area contributed by atoms with Crippen LogP contribution in [0.2, 0.25) is 0 Å². The van der Waals surface area contributed by atoms with Gasteiger partial charge in [-0.2, -0.15) is 5.10 Å². The number of hydrogen-bond acceptors (Lipinski definition) is 5. The lowest BCUT2D eigenvalue weighted by molar-refractivity contribution is -0.136. The Hall–Kier alpha value is -3.72. The first-order valence-corrected chi connectivity index (χ1v) is 15.8. The fourth-order valence-corrected chi connectivity index (χ4v) is 6.98. The molecule has 9 heteroatoms. The number of benzene rings is 2. The molecule has 2 heterocycles. The van der Waals surface area contributed by atoms with Crippen LogP contribution in [-0.2, 0) is 23.1 Å². The summed E-state index contributed by atoms with van der Waals surface area (Å²) in [7, 11) is 3.73. The van der Waals surface area contributed by atoms with E-state index >= 15 is 4.39 Å². The molecule has 2 aromatic carbocycles. The Bertz CT molecular complexity index is 1510. The average Bonchev–Trinajstić information content (AvgIpc) is 3.63. The molecule has 8 nitrogen and oxygen atoms in total. The molecule has 1 atom stereocenters. The molecule has 3 N–H and O–H groups in total. The van der Waals surface area contributed by atoms with E-state index in [1.165, 1.54) is 0 Å². The van der Waals surface area contributed by atoms with Gasteiger partial charge in [0.05, 0.1) is 24.3 Å². The quantitative estimate of drug-likeness (QED) is 0.312. The summed E-state index contributed by atoms with van der Waals surface area (Å²) in [6, 6.07) is 11.1. The molecule has 3 aliphatic rings. The minimum Gasteiger partial charge on any atom is -0.490 e. The first-order valence-electron chi connectivity index (χ1n) is 15.8. The number of carbonyl (C=O) groups excluding carboxylic acids is 1. The second-order valence-electron chi connectivity index (χ2n) is 13.5. The smallest absolute Gasteiger partial charge is 0.307 e. The highest BCUT2D eigenvalue weighted by Gasteiger charge is 2.38. The first kappa shape index (κ1) is 31.7. The molecular formula is C35H45FN4O4. The minimum atomic E-state index is -0.900. The van der Waals surface area contributed by atoms with Gasteiger partial charge in [0.1, 0.15) is 11.6 Å². The number of rotatable bonds is 8. The van der Waals surface area contributed by atoms with Crippen molar-refractivity contribution in [1.29, 1.82) is 0 Å². The van der Waals surface area contributed by atoms with E-state index in [4.69, 9.17) is 10.5 Å². The van der Waals surface area contributed by atoms with Crippen molar-refractivity contribution in [3.8, 4) is 28.1 Å². The Labute approximate surface area is 259 Å². The van der Waals surface area contributed by atoms with Crippen LogP contribution in [0.3, 0.4) is 0 Å². The maximum absolute atomic E-state index is 15.1. The summed E-state index contributed by atoms with van der Waals surface area (Å²) in [5.41, 5.74) is 10.1. The van der Waals surface area contributed by atoms with Gasteiger partial charge >= 0.3 is 5.97 Å². The van der Waals surface area contributed by atoms with Crippen LogP contribution in [0.25, 0.3) is 22.4 Å². The highest BCUT2D eigenvalue weighted by atomic mass is 19.1. The predicted octanol–water partition coefficient (Wildman–Crippen LogP) is 6.31. The third-order valence-electron chi connectivity index (χ3n) is 9.24. The number of nitrogens with two attached hydrogens (primary N) is 1. The van der Waals surface area contributed by atoms with E-state index in [2.05, 4.69) is 18.9 Å². The summed E-state index contributed by atoms with van der Waals surface area (Å²) in [5, 5.41) is 13.9. The molecule has 44 heavy (non-hydrogen) atoms. The van der Waals surface area contributed by atoms with Gasteiger partial charge in [0.2, 0.25) is 5.91 Å². The first-order chi connectivity index (χ1) is 20.9. The van der Waals surface area contributed by atoms with Crippen LogP contribution in [0.5, 0.6) is 5.75 Å². The predicted molar refractivity (Wildman–Crippen MR) is 169 cm³/mol. The second kappa shape index (κ2) is 13.1. The third-order valence-corrected chi connectivity index (χ3v) is 9.24. The van der Waals surface area contributed by atoms with Crippen LogP contribution in [0, 0.1) is 11.2 Å². The van der Waals surface area contributed by atoms with Crippen molar-refractivity contribution in [3.63, 3.8) is 0 Å². The number of nitrogens with zero attached hydrogens (tertiary/aromatic N) is 3. The number of likely N-dealkylation sites (N-methyl/N-ethyl adjacent to an activating group) is 1. The van der Waals surface area contributed by atoms with Crippen LogP contribution in [-0.4, -0.2) is 57.4 Å². The molecule has 1 aliphatic heterocycles. The van der Waals surface area contributed by atoms with Crippen molar-refractivity contribution in [1.82, 2.24) is 14.7 Å². The van der Waals surface area contributed by atoms with Gasteiger partial charge in [-0.05, 0) is 98.7 Å². The largest absolute Gasteiger partial charge is 0.490 e. The van der Waals surface area contributed by atoms with E-state index in [0.29, 0.717) is 11.3 Å². The van der Waals surface area contributed by atoms with Crippen molar-refractivity contribution in [3.05, 3.63) is 59.5 Å². The zero-order valence-electron chi connectivity index (χ0n) is 26.3. The highest BCUT2D eigenvalue weighted by Crippen LogP contribution is 2.46. The summed E-state index contributed by atoms with van der Waals surface area (Å²) >= 11 is 0. The van der Waals surface area contributed by atoms with Crippen LogP contribution in [0.1, 0.15) is 82.3 Å². The molecule has 1 saturated heterocycles. The molecule has 2 aliphatic carbocycles. The number of primary amides is 1. The monoisotopic (exact) mass is 604 g/mol. The normalized spacial score (nSPS) is 20.2. The summed E-state index contributed by atoms with van der Waals surface area (Å²) < 4.78 is 23.1. The molecule has 1 amide bonds. The molecule has 1 aromatic heterocycles. The van der Waals surface area contributed by atoms with Gasteiger partial charge in [0, 0.05) is 36.5 Å². The van der Waals surface area contributed by atoms with Crippen molar-refractivity contribution in [2.24, 2.45) is 18.2 Å². The lowest BCUT2D eigenvalue weighted by atomic mass is 9.76. The van der Waals surface area contributed by atoms with Crippen molar-refractivity contribution in [2.45, 2.75) is 89.7 Å². The number of likely N-dealkylation sites (tertiary alicyclic amines) is 1. The summed E-state index contributed by atoms with van der Waals surface area (Å²) in [6.07, 6.45) is 10.2. The van der Waals surface area contributed by atoms with Crippen molar-refractivity contribution in [2.75, 3.05) is 13.6 Å². The number of aliphatic carboxylic acids is 1. The number of halogens is 1. The standard InChI is InChI=1S/C27H29FN2O3.C8H16N2O/c1-30-16-19(15-25(31)32)27(29-30)18-12-13-24(33-20-8-2-3-9-20)22(14-18)21-10-5-11-23(28)26(21)17-6-4-7-17;1-8(2)4-6(7(9)11)10(3)5-8/h5,10-14,16-17,20H,2-4,6-9,15H2,1H3,(H,31,32);6H,4-5H2,1-3H3,(H2,9,11). The zero-order valence-corrected chi connectivity index (χ0v) is 26.3.